The number of benzene rings is 1. The Kier molecular flexibility index (Phi) is 8.06. The molecule has 24 heavy (non-hydrogen) atoms. The van der Waals surface area contributed by atoms with Gasteiger partial charge in [-0.05, 0) is 42.4 Å². The van der Waals surface area contributed by atoms with Gasteiger partial charge in [0.15, 0.2) is 5.82 Å². The van der Waals surface area contributed by atoms with Crippen LogP contribution in [0, 0.1) is 17.7 Å². The Labute approximate surface area is 145 Å². The molecule has 2 N–H and O–H groups in total. The molecule has 2 rings (SSSR count). The van der Waals surface area contributed by atoms with E-state index < -0.39 is 13.1 Å². The van der Waals surface area contributed by atoms with Crippen molar-refractivity contribution in [3.05, 3.63) is 29.6 Å². The third-order valence-corrected chi connectivity index (χ3v) is 5.25. The monoisotopic (exact) mass is 336 g/mol. The van der Waals surface area contributed by atoms with E-state index in [9.17, 15) is 4.39 Å². The second-order valence-electron chi connectivity index (χ2n) is 7.13. The second kappa shape index (κ2) is 10.0. The van der Waals surface area contributed by atoms with Gasteiger partial charge in [0.25, 0.3) is 0 Å². The van der Waals surface area contributed by atoms with Crippen molar-refractivity contribution in [1.29, 1.82) is 0 Å². The average molecular weight is 336 g/mol. The standard InChI is InChI=1S/C19H30BFO3/c1-2-3-4-5-15-6-8-16(9-7-15)10-11-17-12-13-19(18(21)14-17)24-20(22)23/h12-16,22-23H,2-11H2,1H3. The van der Waals surface area contributed by atoms with E-state index in [4.69, 9.17) is 10.0 Å². The van der Waals surface area contributed by atoms with Crippen LogP contribution in [-0.4, -0.2) is 17.4 Å². The highest BCUT2D eigenvalue weighted by molar-refractivity contribution is 6.33. The molecule has 134 valence electrons. The second-order valence-corrected chi connectivity index (χ2v) is 7.13. The lowest BCUT2D eigenvalue weighted by Crippen LogP contribution is -2.21. The van der Waals surface area contributed by atoms with Gasteiger partial charge in [0.2, 0.25) is 0 Å². The summed E-state index contributed by atoms with van der Waals surface area (Å²) in [6, 6.07) is 4.71. The van der Waals surface area contributed by atoms with Gasteiger partial charge in [-0.25, -0.2) is 4.39 Å². The Morgan fingerprint density at radius 2 is 1.75 bits per heavy atom. The van der Waals surface area contributed by atoms with E-state index in [-0.39, 0.29) is 5.75 Å². The van der Waals surface area contributed by atoms with E-state index in [0.29, 0.717) is 0 Å². The highest BCUT2D eigenvalue weighted by Gasteiger charge is 2.21. The molecule has 1 aromatic carbocycles. The SMILES string of the molecule is CCCCCC1CCC(CCc2ccc(OB(O)O)c(F)c2)CC1. The maximum atomic E-state index is 13.8. The van der Waals surface area contributed by atoms with Crippen LogP contribution in [0.5, 0.6) is 5.75 Å². The zero-order chi connectivity index (χ0) is 17.4. The molecule has 5 heteroatoms. The van der Waals surface area contributed by atoms with Crippen molar-refractivity contribution in [2.24, 2.45) is 11.8 Å². The Hall–Kier alpha value is -1.07. The van der Waals surface area contributed by atoms with E-state index in [1.165, 1.54) is 63.5 Å². The molecule has 1 aromatic rings. The Bertz CT molecular complexity index is 488. The first-order valence-corrected chi connectivity index (χ1v) is 9.39. The number of rotatable bonds is 9. The molecule has 0 saturated heterocycles. The summed E-state index contributed by atoms with van der Waals surface area (Å²) < 4.78 is 18.4. The molecule has 1 aliphatic carbocycles. The predicted molar refractivity (Wildman–Crippen MR) is 95.1 cm³/mol. The first-order chi connectivity index (χ1) is 11.6. The highest BCUT2D eigenvalue weighted by atomic mass is 19.1. The minimum atomic E-state index is -1.99. The first kappa shape index (κ1) is 19.3. The van der Waals surface area contributed by atoms with Gasteiger partial charge >= 0.3 is 7.32 Å². The normalized spacial score (nSPS) is 20.8. The zero-order valence-electron chi connectivity index (χ0n) is 14.7. The molecular weight excluding hydrogens is 306 g/mol. The predicted octanol–water partition coefficient (Wildman–Crippen LogP) is 4.49. The van der Waals surface area contributed by atoms with E-state index >= 15 is 0 Å². The number of halogens is 1. The van der Waals surface area contributed by atoms with Gasteiger partial charge in [0, 0.05) is 0 Å². The van der Waals surface area contributed by atoms with Crippen LogP contribution in [0.2, 0.25) is 0 Å². The van der Waals surface area contributed by atoms with Crippen molar-refractivity contribution in [3.8, 4) is 5.75 Å². The fraction of sp³-hybridized carbons (Fsp3) is 0.684. The molecular formula is C19H30BFO3. The molecule has 0 amide bonds. The quantitative estimate of drug-likeness (QED) is 0.516. The van der Waals surface area contributed by atoms with Crippen LogP contribution in [-0.2, 0) is 6.42 Å². The van der Waals surface area contributed by atoms with Crippen molar-refractivity contribution < 1.29 is 19.1 Å². The lowest BCUT2D eigenvalue weighted by Gasteiger charge is -2.28. The Morgan fingerprint density at radius 1 is 1.08 bits per heavy atom. The van der Waals surface area contributed by atoms with E-state index in [2.05, 4.69) is 11.6 Å². The van der Waals surface area contributed by atoms with Gasteiger partial charge in [0.1, 0.15) is 5.75 Å². The maximum absolute atomic E-state index is 13.8. The molecule has 1 saturated carbocycles. The van der Waals surface area contributed by atoms with Crippen molar-refractivity contribution in [1.82, 2.24) is 0 Å². The van der Waals surface area contributed by atoms with Crippen LogP contribution >= 0.6 is 0 Å². The van der Waals surface area contributed by atoms with Gasteiger partial charge in [-0.3, -0.25) is 0 Å². The van der Waals surface area contributed by atoms with Crippen molar-refractivity contribution in [2.75, 3.05) is 0 Å². The molecule has 0 unspecified atom stereocenters. The molecule has 0 aromatic heterocycles. The fourth-order valence-electron chi connectivity index (χ4n) is 3.77. The average Bonchev–Trinajstić information content (AvgIpc) is 2.56. The van der Waals surface area contributed by atoms with Crippen molar-refractivity contribution >= 4 is 7.32 Å². The first-order valence-electron chi connectivity index (χ1n) is 9.39. The molecule has 0 radical (unpaired) electrons. The fourth-order valence-corrected chi connectivity index (χ4v) is 3.77. The van der Waals surface area contributed by atoms with Crippen LogP contribution in [0.25, 0.3) is 0 Å². The lowest BCUT2D eigenvalue weighted by molar-refractivity contribution is 0.249. The number of hydrogen-bond acceptors (Lipinski definition) is 3. The topological polar surface area (TPSA) is 49.7 Å². The summed E-state index contributed by atoms with van der Waals surface area (Å²) in [5, 5.41) is 17.5. The van der Waals surface area contributed by atoms with Gasteiger partial charge in [-0.1, -0.05) is 64.4 Å². The maximum Gasteiger partial charge on any atom is 0.707 e. The van der Waals surface area contributed by atoms with E-state index in [1.54, 1.807) is 6.07 Å². The highest BCUT2D eigenvalue weighted by Crippen LogP contribution is 2.34. The zero-order valence-corrected chi connectivity index (χ0v) is 14.7. The van der Waals surface area contributed by atoms with E-state index in [0.717, 1.165) is 30.2 Å². The minimum absolute atomic E-state index is 0.124. The molecule has 0 bridgehead atoms. The molecule has 0 heterocycles. The largest absolute Gasteiger partial charge is 0.707 e. The number of hydrogen-bond donors (Lipinski definition) is 2. The summed E-state index contributed by atoms with van der Waals surface area (Å²) in [7, 11) is -1.99. The van der Waals surface area contributed by atoms with Gasteiger partial charge in [-0.15, -0.1) is 0 Å². The van der Waals surface area contributed by atoms with Crippen LogP contribution in [0.1, 0.15) is 70.3 Å². The van der Waals surface area contributed by atoms with Crippen molar-refractivity contribution in [2.45, 2.75) is 71.1 Å². The number of aryl methyl sites for hydroxylation is 1. The van der Waals surface area contributed by atoms with Gasteiger partial charge < -0.3 is 14.7 Å². The molecule has 0 atom stereocenters. The summed E-state index contributed by atoms with van der Waals surface area (Å²) in [5.74, 6) is 1.01. The van der Waals surface area contributed by atoms with E-state index in [1.807, 2.05) is 0 Å². The van der Waals surface area contributed by atoms with Crippen LogP contribution < -0.4 is 4.65 Å². The van der Waals surface area contributed by atoms with Crippen LogP contribution in [0.15, 0.2) is 18.2 Å². The number of unbranched alkanes of at least 4 members (excludes halogenated alkanes) is 2. The summed E-state index contributed by atoms with van der Waals surface area (Å²) in [6.45, 7) is 2.25. The molecule has 0 aliphatic heterocycles. The van der Waals surface area contributed by atoms with Gasteiger partial charge in [0.05, 0.1) is 0 Å². The smallest absolute Gasteiger partial charge is 0.510 e. The summed E-state index contributed by atoms with van der Waals surface area (Å²) in [5.41, 5.74) is 0.942. The Balaban J connectivity index is 1.71. The summed E-state index contributed by atoms with van der Waals surface area (Å²) >= 11 is 0. The third-order valence-electron chi connectivity index (χ3n) is 5.25. The lowest BCUT2D eigenvalue weighted by atomic mass is 9.78. The molecule has 1 fully saturated rings. The summed E-state index contributed by atoms with van der Waals surface area (Å²) in [4.78, 5) is 0. The van der Waals surface area contributed by atoms with Crippen molar-refractivity contribution in [3.63, 3.8) is 0 Å². The Morgan fingerprint density at radius 3 is 2.33 bits per heavy atom. The third kappa shape index (κ3) is 6.44. The van der Waals surface area contributed by atoms with Gasteiger partial charge in [-0.2, -0.15) is 0 Å². The van der Waals surface area contributed by atoms with Crippen LogP contribution in [0.4, 0.5) is 4.39 Å². The van der Waals surface area contributed by atoms with Crippen LogP contribution in [0.3, 0.4) is 0 Å². The minimum Gasteiger partial charge on any atom is -0.510 e. The summed E-state index contributed by atoms with van der Waals surface area (Å²) in [6.07, 6.45) is 12.7. The molecule has 0 spiro atoms. The molecule has 1 aliphatic rings. The molecule has 3 nitrogen and oxygen atoms in total.